The van der Waals surface area contributed by atoms with E-state index in [9.17, 15) is 0 Å². The zero-order chi connectivity index (χ0) is 12.1. The van der Waals surface area contributed by atoms with E-state index in [1.165, 1.54) is 32.1 Å². The van der Waals surface area contributed by atoms with Gasteiger partial charge in [0.2, 0.25) is 0 Å². The summed E-state index contributed by atoms with van der Waals surface area (Å²) < 4.78 is 0. The fraction of sp³-hybridized carbons (Fsp3) is 0.692. The molecular weight excluding hydrogens is 212 g/mol. The van der Waals surface area contributed by atoms with E-state index in [1.54, 1.807) is 6.33 Å². The molecule has 94 valence electrons. The average Bonchev–Trinajstić information content (AvgIpc) is 2.30. The highest BCUT2D eigenvalue weighted by atomic mass is 15.2. The fourth-order valence-corrected chi connectivity index (χ4v) is 2.47. The lowest BCUT2D eigenvalue weighted by atomic mass is 10.1. The zero-order valence-electron chi connectivity index (χ0n) is 10.9. The Balaban J connectivity index is 2.19. The molecule has 1 aliphatic heterocycles. The van der Waals surface area contributed by atoms with Crippen molar-refractivity contribution < 1.29 is 0 Å². The molecule has 0 aliphatic carbocycles. The highest BCUT2D eigenvalue weighted by molar-refractivity contribution is 5.57. The van der Waals surface area contributed by atoms with Crippen molar-refractivity contribution in [2.75, 3.05) is 30.4 Å². The van der Waals surface area contributed by atoms with Crippen molar-refractivity contribution >= 4 is 11.6 Å². The summed E-state index contributed by atoms with van der Waals surface area (Å²) in [6.07, 6.45) is 8.29. The standard InChI is InChI=1S/C13H22N4/c1-11-12(14-2)15-10-16-13(11)17-8-6-4-3-5-7-9-17/h10H,3-9H2,1-2H3,(H,14,15,16). The average molecular weight is 234 g/mol. The minimum absolute atomic E-state index is 0.942. The van der Waals surface area contributed by atoms with Crippen LogP contribution in [0, 0.1) is 6.92 Å². The predicted octanol–water partition coefficient (Wildman–Crippen LogP) is 2.60. The number of rotatable bonds is 2. The second-order valence-electron chi connectivity index (χ2n) is 4.68. The lowest BCUT2D eigenvalue weighted by molar-refractivity contribution is 0.553. The van der Waals surface area contributed by atoms with Crippen molar-refractivity contribution in [1.29, 1.82) is 0 Å². The van der Waals surface area contributed by atoms with Crippen LogP contribution in [-0.4, -0.2) is 30.1 Å². The van der Waals surface area contributed by atoms with Crippen LogP contribution in [0.25, 0.3) is 0 Å². The first kappa shape index (κ1) is 12.1. The quantitative estimate of drug-likeness (QED) is 0.854. The zero-order valence-corrected chi connectivity index (χ0v) is 10.9. The van der Waals surface area contributed by atoms with Crippen LogP contribution in [0.3, 0.4) is 0 Å². The van der Waals surface area contributed by atoms with Crippen LogP contribution in [-0.2, 0) is 0 Å². The van der Waals surface area contributed by atoms with Gasteiger partial charge in [-0.3, -0.25) is 0 Å². The predicted molar refractivity (Wildman–Crippen MR) is 71.6 cm³/mol. The van der Waals surface area contributed by atoms with Crippen LogP contribution in [0.2, 0.25) is 0 Å². The molecule has 0 unspecified atom stereocenters. The SMILES string of the molecule is CNc1ncnc(N2CCCCCCC2)c1C. The van der Waals surface area contributed by atoms with Gasteiger partial charge in [0, 0.05) is 25.7 Å². The Morgan fingerprint density at radius 2 is 1.71 bits per heavy atom. The minimum Gasteiger partial charge on any atom is -0.373 e. The van der Waals surface area contributed by atoms with Gasteiger partial charge in [-0.2, -0.15) is 0 Å². The summed E-state index contributed by atoms with van der Waals surface area (Å²) in [6, 6.07) is 0. The third-order valence-electron chi connectivity index (χ3n) is 3.45. The van der Waals surface area contributed by atoms with E-state index in [0.29, 0.717) is 0 Å². The summed E-state index contributed by atoms with van der Waals surface area (Å²) in [4.78, 5) is 11.1. The van der Waals surface area contributed by atoms with Crippen molar-refractivity contribution in [3.63, 3.8) is 0 Å². The molecule has 4 nitrogen and oxygen atoms in total. The van der Waals surface area contributed by atoms with Gasteiger partial charge in [-0.25, -0.2) is 9.97 Å². The maximum absolute atomic E-state index is 4.46. The molecule has 1 aromatic rings. The summed E-state index contributed by atoms with van der Waals surface area (Å²) in [5.41, 5.74) is 1.16. The van der Waals surface area contributed by atoms with E-state index < -0.39 is 0 Å². The number of nitrogens with zero attached hydrogens (tertiary/aromatic N) is 3. The maximum atomic E-state index is 4.46. The molecule has 1 saturated heterocycles. The molecule has 0 atom stereocenters. The number of hydrogen-bond acceptors (Lipinski definition) is 4. The normalized spacial score (nSPS) is 17.4. The topological polar surface area (TPSA) is 41.1 Å². The van der Waals surface area contributed by atoms with Crippen LogP contribution in [0.4, 0.5) is 11.6 Å². The Morgan fingerprint density at radius 3 is 2.35 bits per heavy atom. The summed E-state index contributed by atoms with van der Waals surface area (Å²) in [6.45, 7) is 4.35. The van der Waals surface area contributed by atoms with Gasteiger partial charge < -0.3 is 10.2 Å². The van der Waals surface area contributed by atoms with Gasteiger partial charge in [0.1, 0.15) is 18.0 Å². The lowest BCUT2D eigenvalue weighted by Gasteiger charge is -2.27. The fourth-order valence-electron chi connectivity index (χ4n) is 2.47. The summed E-state index contributed by atoms with van der Waals surface area (Å²) in [5.74, 6) is 2.04. The van der Waals surface area contributed by atoms with E-state index in [2.05, 4.69) is 27.1 Å². The Kier molecular flexibility index (Phi) is 4.18. The van der Waals surface area contributed by atoms with Crippen LogP contribution < -0.4 is 10.2 Å². The molecule has 0 bridgehead atoms. The van der Waals surface area contributed by atoms with Crippen LogP contribution >= 0.6 is 0 Å². The molecule has 0 saturated carbocycles. The van der Waals surface area contributed by atoms with Gasteiger partial charge >= 0.3 is 0 Å². The van der Waals surface area contributed by atoms with E-state index in [4.69, 9.17) is 0 Å². The molecular formula is C13H22N4. The highest BCUT2D eigenvalue weighted by Crippen LogP contribution is 2.24. The minimum atomic E-state index is 0.942. The molecule has 1 aliphatic rings. The number of hydrogen-bond donors (Lipinski definition) is 1. The Labute approximate surface area is 103 Å². The van der Waals surface area contributed by atoms with Gasteiger partial charge in [-0.15, -0.1) is 0 Å². The molecule has 0 radical (unpaired) electrons. The first-order valence-electron chi connectivity index (χ1n) is 6.57. The van der Waals surface area contributed by atoms with Crippen LogP contribution in [0.1, 0.15) is 37.7 Å². The van der Waals surface area contributed by atoms with Gasteiger partial charge in [0.05, 0.1) is 0 Å². The molecule has 1 aromatic heterocycles. The molecule has 2 rings (SSSR count). The summed E-state index contributed by atoms with van der Waals surface area (Å²) in [5, 5.41) is 3.12. The van der Waals surface area contributed by atoms with E-state index >= 15 is 0 Å². The number of aromatic nitrogens is 2. The van der Waals surface area contributed by atoms with E-state index in [0.717, 1.165) is 30.3 Å². The summed E-state index contributed by atoms with van der Waals surface area (Å²) >= 11 is 0. The van der Waals surface area contributed by atoms with Crippen LogP contribution in [0.5, 0.6) is 0 Å². The molecule has 17 heavy (non-hydrogen) atoms. The molecule has 2 heterocycles. The lowest BCUT2D eigenvalue weighted by Crippen LogP contribution is -2.28. The van der Waals surface area contributed by atoms with Crippen molar-refractivity contribution in [3.05, 3.63) is 11.9 Å². The number of anilines is 2. The van der Waals surface area contributed by atoms with E-state index in [1.807, 2.05) is 7.05 Å². The first-order chi connectivity index (χ1) is 8.33. The summed E-state index contributed by atoms with van der Waals surface area (Å²) in [7, 11) is 1.91. The maximum Gasteiger partial charge on any atom is 0.137 e. The molecule has 0 amide bonds. The second-order valence-corrected chi connectivity index (χ2v) is 4.68. The third kappa shape index (κ3) is 2.87. The first-order valence-corrected chi connectivity index (χ1v) is 6.57. The highest BCUT2D eigenvalue weighted by Gasteiger charge is 2.14. The smallest absolute Gasteiger partial charge is 0.137 e. The van der Waals surface area contributed by atoms with Crippen LogP contribution in [0.15, 0.2) is 6.33 Å². The van der Waals surface area contributed by atoms with Gasteiger partial charge in [-0.1, -0.05) is 19.3 Å². The Hall–Kier alpha value is -1.32. The van der Waals surface area contributed by atoms with Crippen molar-refractivity contribution in [3.8, 4) is 0 Å². The van der Waals surface area contributed by atoms with Gasteiger partial charge in [0.15, 0.2) is 0 Å². The molecule has 4 heteroatoms. The number of nitrogens with one attached hydrogen (secondary N) is 1. The van der Waals surface area contributed by atoms with Gasteiger partial charge in [0.25, 0.3) is 0 Å². The van der Waals surface area contributed by atoms with E-state index in [-0.39, 0.29) is 0 Å². The Bertz CT molecular complexity index is 356. The monoisotopic (exact) mass is 234 g/mol. The third-order valence-corrected chi connectivity index (χ3v) is 3.45. The van der Waals surface area contributed by atoms with Crippen molar-refractivity contribution in [2.24, 2.45) is 0 Å². The van der Waals surface area contributed by atoms with Crippen molar-refractivity contribution in [1.82, 2.24) is 9.97 Å². The molecule has 0 aromatic carbocycles. The van der Waals surface area contributed by atoms with Gasteiger partial charge in [-0.05, 0) is 19.8 Å². The molecule has 1 fully saturated rings. The second kappa shape index (κ2) is 5.84. The molecule has 1 N–H and O–H groups in total. The Morgan fingerprint density at radius 1 is 1.06 bits per heavy atom. The van der Waals surface area contributed by atoms with Crippen molar-refractivity contribution in [2.45, 2.75) is 39.0 Å². The molecule has 0 spiro atoms. The largest absolute Gasteiger partial charge is 0.373 e.